The van der Waals surface area contributed by atoms with Crippen LogP contribution in [0.5, 0.6) is 0 Å². The number of nitrogen functional groups attached to an aromatic ring is 2. The van der Waals surface area contributed by atoms with E-state index in [1.807, 2.05) is 18.2 Å². The Balaban J connectivity index is 1.88. The van der Waals surface area contributed by atoms with Crippen molar-refractivity contribution >= 4 is 11.4 Å². The van der Waals surface area contributed by atoms with Gasteiger partial charge in [-0.05, 0) is 24.1 Å². The van der Waals surface area contributed by atoms with Gasteiger partial charge in [0.1, 0.15) is 0 Å². The Morgan fingerprint density at radius 3 is 2.62 bits per heavy atom. The van der Waals surface area contributed by atoms with Gasteiger partial charge >= 0.3 is 0 Å². The maximum atomic E-state index is 5.91. The lowest BCUT2D eigenvalue weighted by atomic mass is 10.1. The molecule has 0 aromatic heterocycles. The first-order valence-corrected chi connectivity index (χ1v) is 5.69. The molecule has 0 spiro atoms. The van der Waals surface area contributed by atoms with E-state index in [9.17, 15) is 0 Å². The van der Waals surface area contributed by atoms with Crippen molar-refractivity contribution in [2.24, 2.45) is 0 Å². The van der Waals surface area contributed by atoms with Crippen LogP contribution in [0, 0.1) is 0 Å². The third kappa shape index (κ3) is 2.87. The van der Waals surface area contributed by atoms with Crippen LogP contribution in [0.2, 0.25) is 0 Å². The molecule has 0 unspecified atom stereocenters. The standard InChI is InChI=1S/C12H19N3O/c13-11-2-1-10(12(14)9-11)3-4-15-5-7-16-8-6-15/h1-2,9H,3-8,13-14H2. The summed E-state index contributed by atoms with van der Waals surface area (Å²) >= 11 is 0. The minimum absolute atomic E-state index is 0.729. The van der Waals surface area contributed by atoms with Crippen LogP contribution in [0.15, 0.2) is 18.2 Å². The van der Waals surface area contributed by atoms with Gasteiger partial charge in [0, 0.05) is 31.0 Å². The summed E-state index contributed by atoms with van der Waals surface area (Å²) in [7, 11) is 0. The van der Waals surface area contributed by atoms with Crippen LogP contribution in [-0.2, 0) is 11.2 Å². The van der Waals surface area contributed by atoms with E-state index in [-0.39, 0.29) is 0 Å². The first-order chi connectivity index (χ1) is 7.75. The summed E-state index contributed by atoms with van der Waals surface area (Å²) in [6.45, 7) is 4.77. The van der Waals surface area contributed by atoms with E-state index in [4.69, 9.17) is 16.2 Å². The number of nitrogens with zero attached hydrogens (tertiary/aromatic N) is 1. The summed E-state index contributed by atoms with van der Waals surface area (Å²) in [6, 6.07) is 5.75. The average molecular weight is 221 g/mol. The van der Waals surface area contributed by atoms with Crippen LogP contribution in [0.4, 0.5) is 11.4 Å². The maximum absolute atomic E-state index is 5.91. The number of anilines is 2. The Hall–Kier alpha value is -1.26. The highest BCUT2D eigenvalue weighted by molar-refractivity contribution is 5.56. The highest BCUT2D eigenvalue weighted by Crippen LogP contribution is 2.16. The number of benzene rings is 1. The van der Waals surface area contributed by atoms with Gasteiger partial charge in [-0.3, -0.25) is 4.90 Å². The van der Waals surface area contributed by atoms with Crippen molar-refractivity contribution in [1.29, 1.82) is 0 Å². The van der Waals surface area contributed by atoms with Gasteiger partial charge in [-0.25, -0.2) is 0 Å². The third-order valence-corrected chi connectivity index (χ3v) is 2.97. The molecular formula is C12H19N3O. The maximum Gasteiger partial charge on any atom is 0.0594 e. The molecule has 0 aliphatic carbocycles. The third-order valence-electron chi connectivity index (χ3n) is 2.97. The monoisotopic (exact) mass is 221 g/mol. The number of nitrogens with two attached hydrogens (primary N) is 2. The fourth-order valence-corrected chi connectivity index (χ4v) is 1.94. The average Bonchev–Trinajstić information content (AvgIpc) is 2.29. The summed E-state index contributed by atoms with van der Waals surface area (Å²) in [4.78, 5) is 2.40. The second kappa shape index (κ2) is 5.18. The lowest BCUT2D eigenvalue weighted by Gasteiger charge is -2.26. The summed E-state index contributed by atoms with van der Waals surface area (Å²) in [5, 5.41) is 0. The second-order valence-electron chi connectivity index (χ2n) is 4.16. The quantitative estimate of drug-likeness (QED) is 0.738. The molecule has 0 bridgehead atoms. The Labute approximate surface area is 96.2 Å². The molecule has 88 valence electrons. The Kier molecular flexibility index (Phi) is 3.64. The molecule has 4 N–H and O–H groups in total. The molecule has 2 rings (SSSR count). The van der Waals surface area contributed by atoms with Gasteiger partial charge in [0.2, 0.25) is 0 Å². The van der Waals surface area contributed by atoms with Crippen LogP contribution >= 0.6 is 0 Å². The van der Waals surface area contributed by atoms with Gasteiger partial charge < -0.3 is 16.2 Å². The summed E-state index contributed by atoms with van der Waals surface area (Å²) in [5.74, 6) is 0. The van der Waals surface area contributed by atoms with Crippen molar-refractivity contribution < 1.29 is 4.74 Å². The highest BCUT2D eigenvalue weighted by atomic mass is 16.5. The number of rotatable bonds is 3. The normalized spacial score (nSPS) is 17.5. The zero-order chi connectivity index (χ0) is 11.4. The van der Waals surface area contributed by atoms with Crippen molar-refractivity contribution in [3.05, 3.63) is 23.8 Å². The molecule has 1 fully saturated rings. The van der Waals surface area contributed by atoms with E-state index in [0.29, 0.717) is 0 Å². The van der Waals surface area contributed by atoms with Gasteiger partial charge in [-0.1, -0.05) is 6.07 Å². The van der Waals surface area contributed by atoms with Crippen LogP contribution < -0.4 is 11.5 Å². The molecule has 1 aliphatic rings. The van der Waals surface area contributed by atoms with Gasteiger partial charge in [0.25, 0.3) is 0 Å². The van der Waals surface area contributed by atoms with Crippen LogP contribution in [0.3, 0.4) is 0 Å². The molecule has 4 heteroatoms. The summed E-state index contributed by atoms with van der Waals surface area (Å²) in [6.07, 6.45) is 0.978. The molecule has 0 amide bonds. The highest BCUT2D eigenvalue weighted by Gasteiger charge is 2.10. The minimum atomic E-state index is 0.729. The summed E-state index contributed by atoms with van der Waals surface area (Å²) in [5.41, 5.74) is 14.3. The molecule has 0 atom stereocenters. The molecule has 0 saturated carbocycles. The van der Waals surface area contributed by atoms with Crippen LogP contribution in [-0.4, -0.2) is 37.7 Å². The predicted molar refractivity (Wildman–Crippen MR) is 66.2 cm³/mol. The molecule has 1 aromatic rings. The smallest absolute Gasteiger partial charge is 0.0594 e. The minimum Gasteiger partial charge on any atom is -0.399 e. The molecule has 1 aliphatic heterocycles. The van der Waals surface area contributed by atoms with Crippen molar-refractivity contribution in [2.45, 2.75) is 6.42 Å². The molecule has 0 radical (unpaired) electrons. The SMILES string of the molecule is Nc1ccc(CCN2CCOCC2)c(N)c1. The lowest BCUT2D eigenvalue weighted by Crippen LogP contribution is -2.37. The number of hydrogen-bond acceptors (Lipinski definition) is 4. The van der Waals surface area contributed by atoms with Gasteiger partial charge in [0.05, 0.1) is 13.2 Å². The zero-order valence-corrected chi connectivity index (χ0v) is 9.48. The van der Waals surface area contributed by atoms with Crippen molar-refractivity contribution in [3.63, 3.8) is 0 Å². The number of hydrogen-bond donors (Lipinski definition) is 2. The zero-order valence-electron chi connectivity index (χ0n) is 9.48. The van der Waals surface area contributed by atoms with Crippen molar-refractivity contribution in [2.75, 3.05) is 44.3 Å². The molecular weight excluding hydrogens is 202 g/mol. The molecule has 1 aromatic carbocycles. The first-order valence-electron chi connectivity index (χ1n) is 5.69. The van der Waals surface area contributed by atoms with Crippen LogP contribution in [0.1, 0.15) is 5.56 Å². The lowest BCUT2D eigenvalue weighted by molar-refractivity contribution is 0.0384. The topological polar surface area (TPSA) is 64.5 Å². The van der Waals surface area contributed by atoms with E-state index in [2.05, 4.69) is 4.90 Å². The number of ether oxygens (including phenoxy) is 1. The summed E-state index contributed by atoms with van der Waals surface area (Å²) < 4.78 is 5.31. The van der Waals surface area contributed by atoms with E-state index >= 15 is 0 Å². The Bertz CT molecular complexity index is 348. The fourth-order valence-electron chi connectivity index (χ4n) is 1.94. The van der Waals surface area contributed by atoms with E-state index < -0.39 is 0 Å². The Morgan fingerprint density at radius 2 is 1.94 bits per heavy atom. The van der Waals surface area contributed by atoms with Gasteiger partial charge in [-0.15, -0.1) is 0 Å². The molecule has 1 saturated heterocycles. The van der Waals surface area contributed by atoms with E-state index in [1.54, 1.807) is 0 Å². The number of morpholine rings is 1. The second-order valence-corrected chi connectivity index (χ2v) is 4.16. The van der Waals surface area contributed by atoms with E-state index in [0.717, 1.165) is 50.6 Å². The van der Waals surface area contributed by atoms with Gasteiger partial charge in [-0.2, -0.15) is 0 Å². The molecule has 16 heavy (non-hydrogen) atoms. The first kappa shape index (κ1) is 11.2. The largest absolute Gasteiger partial charge is 0.399 e. The fraction of sp³-hybridized carbons (Fsp3) is 0.500. The van der Waals surface area contributed by atoms with Crippen molar-refractivity contribution in [3.8, 4) is 0 Å². The molecule has 4 nitrogen and oxygen atoms in total. The van der Waals surface area contributed by atoms with Crippen molar-refractivity contribution in [1.82, 2.24) is 4.90 Å². The van der Waals surface area contributed by atoms with E-state index in [1.165, 1.54) is 5.56 Å². The van der Waals surface area contributed by atoms with Gasteiger partial charge in [0.15, 0.2) is 0 Å². The predicted octanol–water partition coefficient (Wildman–Crippen LogP) is 0.726. The van der Waals surface area contributed by atoms with Crippen LogP contribution in [0.25, 0.3) is 0 Å². The molecule has 1 heterocycles. The Morgan fingerprint density at radius 1 is 1.19 bits per heavy atom.